The average Bonchev–Trinajstić information content (AvgIpc) is 3.24. The summed E-state index contributed by atoms with van der Waals surface area (Å²) in [4.78, 5) is 14.7. The molecule has 7 nitrogen and oxygen atoms in total. The first-order valence-electron chi connectivity index (χ1n) is 9.61. The number of carbonyl (C=O) groups excluding carboxylic acids is 1. The lowest BCUT2D eigenvalue weighted by Gasteiger charge is -2.25. The van der Waals surface area contributed by atoms with Crippen LogP contribution in [0.5, 0.6) is 0 Å². The van der Waals surface area contributed by atoms with Crippen molar-refractivity contribution in [1.82, 2.24) is 10.2 Å². The maximum atomic E-state index is 12.6. The van der Waals surface area contributed by atoms with Crippen LogP contribution in [-0.4, -0.2) is 57.4 Å². The molecule has 1 N–H and O–H groups in total. The van der Waals surface area contributed by atoms with Gasteiger partial charge >= 0.3 is 0 Å². The van der Waals surface area contributed by atoms with Crippen LogP contribution in [-0.2, 0) is 19.6 Å². The summed E-state index contributed by atoms with van der Waals surface area (Å²) in [6.45, 7) is 4.69. The van der Waals surface area contributed by atoms with Gasteiger partial charge in [-0.25, -0.2) is 0 Å². The molecule has 1 amide bonds. The van der Waals surface area contributed by atoms with Crippen molar-refractivity contribution in [3.05, 3.63) is 29.8 Å². The van der Waals surface area contributed by atoms with Gasteiger partial charge in [-0.15, -0.1) is 4.40 Å². The second-order valence-electron chi connectivity index (χ2n) is 6.85. The summed E-state index contributed by atoms with van der Waals surface area (Å²) in [5, 5.41) is 2.95. The highest BCUT2D eigenvalue weighted by Crippen LogP contribution is 2.31. The molecule has 27 heavy (non-hydrogen) atoms. The van der Waals surface area contributed by atoms with E-state index in [1.54, 1.807) is 24.3 Å². The summed E-state index contributed by atoms with van der Waals surface area (Å²) in [7, 11) is -3.68. The lowest BCUT2D eigenvalue weighted by molar-refractivity contribution is -0.124. The number of amides is 1. The molecule has 2 aliphatic rings. The quantitative estimate of drug-likeness (QED) is 0.682. The monoisotopic (exact) mass is 393 g/mol. The third kappa shape index (κ3) is 4.50. The fourth-order valence-electron chi connectivity index (χ4n) is 3.44. The zero-order valence-electron chi connectivity index (χ0n) is 15.7. The zero-order valence-corrected chi connectivity index (χ0v) is 16.5. The number of fused-ring (bicyclic) bond motifs is 1. The van der Waals surface area contributed by atoms with Crippen molar-refractivity contribution in [2.45, 2.75) is 50.0 Å². The molecule has 0 aliphatic carbocycles. The maximum absolute atomic E-state index is 12.6. The Hall–Kier alpha value is -1.93. The molecule has 0 radical (unpaired) electrons. The molecule has 2 aliphatic heterocycles. The number of hydrogen-bond donors (Lipinski definition) is 1. The van der Waals surface area contributed by atoms with Crippen LogP contribution in [0.4, 0.5) is 0 Å². The molecule has 8 heteroatoms. The molecule has 3 rings (SSSR count). The van der Waals surface area contributed by atoms with E-state index in [0.29, 0.717) is 37.5 Å². The predicted molar refractivity (Wildman–Crippen MR) is 103 cm³/mol. The first kappa shape index (κ1) is 19.8. The Morgan fingerprint density at radius 1 is 1.30 bits per heavy atom. The highest BCUT2D eigenvalue weighted by molar-refractivity contribution is 7.90. The molecule has 2 heterocycles. The number of ether oxygens (including phenoxy) is 1. The summed E-state index contributed by atoms with van der Waals surface area (Å²) in [6, 6.07) is 6.40. The molecular weight excluding hydrogens is 366 g/mol. The Balaban J connectivity index is 1.59. The second-order valence-corrected chi connectivity index (χ2v) is 8.42. The SMILES string of the molecule is CCCCOCCCNC(=O)[C@@H]1CCCN1C1=NS(=O)(=O)c2ccccc21. The second kappa shape index (κ2) is 8.84. The number of amidine groups is 1. The molecule has 0 bridgehead atoms. The fourth-order valence-corrected chi connectivity index (χ4v) is 4.66. The number of rotatable bonds is 8. The van der Waals surface area contributed by atoms with E-state index in [9.17, 15) is 13.2 Å². The van der Waals surface area contributed by atoms with Crippen LogP contribution in [0.1, 0.15) is 44.6 Å². The van der Waals surface area contributed by atoms with Gasteiger partial charge in [0.2, 0.25) is 5.91 Å². The first-order valence-corrected chi connectivity index (χ1v) is 11.0. The van der Waals surface area contributed by atoms with Gasteiger partial charge in [0, 0.05) is 31.9 Å². The standard InChI is InChI=1S/C19H27N3O4S/c1-2-3-13-26-14-7-11-20-19(23)16-9-6-12-22(16)18-15-8-4-5-10-17(15)27(24,25)21-18/h4-5,8,10,16H,2-3,6-7,9,11-14H2,1H3,(H,20,23)/t16-/m0/s1. The highest BCUT2D eigenvalue weighted by atomic mass is 32.2. The van der Waals surface area contributed by atoms with E-state index in [1.165, 1.54) is 0 Å². The molecular formula is C19H27N3O4S. The summed E-state index contributed by atoms with van der Waals surface area (Å²) in [6.07, 6.45) is 4.45. The molecule has 148 valence electrons. The van der Waals surface area contributed by atoms with Gasteiger partial charge in [0.15, 0.2) is 5.84 Å². The zero-order chi connectivity index (χ0) is 19.3. The third-order valence-electron chi connectivity index (χ3n) is 4.85. The number of carbonyl (C=O) groups is 1. The number of nitrogens with one attached hydrogen (secondary N) is 1. The summed E-state index contributed by atoms with van der Waals surface area (Å²) in [5.74, 6) is 0.316. The highest BCUT2D eigenvalue weighted by Gasteiger charge is 2.38. The third-order valence-corrected chi connectivity index (χ3v) is 6.17. The van der Waals surface area contributed by atoms with E-state index in [1.807, 2.05) is 4.90 Å². The lowest BCUT2D eigenvalue weighted by atomic mass is 10.1. The predicted octanol–water partition coefficient (Wildman–Crippen LogP) is 1.92. The normalized spacial score (nSPS) is 20.4. The van der Waals surface area contributed by atoms with E-state index in [-0.39, 0.29) is 16.8 Å². The molecule has 1 fully saturated rings. The van der Waals surface area contributed by atoms with E-state index in [4.69, 9.17) is 4.74 Å². The van der Waals surface area contributed by atoms with Gasteiger partial charge in [-0.2, -0.15) is 8.42 Å². The minimum atomic E-state index is -3.68. The molecule has 0 aromatic heterocycles. The van der Waals surface area contributed by atoms with Crippen LogP contribution in [0, 0.1) is 0 Å². The largest absolute Gasteiger partial charge is 0.381 e. The van der Waals surface area contributed by atoms with Crippen LogP contribution >= 0.6 is 0 Å². The lowest BCUT2D eigenvalue weighted by Crippen LogP contribution is -2.46. The number of benzene rings is 1. The summed E-state index contributed by atoms with van der Waals surface area (Å²) in [5.41, 5.74) is 0.585. The van der Waals surface area contributed by atoms with Gasteiger partial charge in [0.05, 0.1) is 0 Å². The number of likely N-dealkylation sites (tertiary alicyclic amines) is 1. The molecule has 1 saturated heterocycles. The Kier molecular flexibility index (Phi) is 6.49. The minimum absolute atomic E-state index is 0.0782. The van der Waals surface area contributed by atoms with Crippen molar-refractivity contribution in [3.63, 3.8) is 0 Å². The molecule has 0 unspecified atom stereocenters. The number of unbranched alkanes of at least 4 members (excludes halogenated alkanes) is 1. The summed E-state index contributed by atoms with van der Waals surface area (Å²) >= 11 is 0. The minimum Gasteiger partial charge on any atom is -0.381 e. The van der Waals surface area contributed by atoms with Crippen molar-refractivity contribution >= 4 is 21.8 Å². The number of nitrogens with zero attached hydrogens (tertiary/aromatic N) is 2. The molecule has 1 aromatic carbocycles. The summed E-state index contributed by atoms with van der Waals surface area (Å²) < 4.78 is 34.0. The van der Waals surface area contributed by atoms with E-state index in [0.717, 1.165) is 32.3 Å². The van der Waals surface area contributed by atoms with E-state index < -0.39 is 10.0 Å². The van der Waals surface area contributed by atoms with Gasteiger partial charge in [-0.05, 0) is 37.8 Å². The Labute approximate surface area is 160 Å². The van der Waals surface area contributed by atoms with Gasteiger partial charge in [-0.3, -0.25) is 4.79 Å². The van der Waals surface area contributed by atoms with Crippen molar-refractivity contribution in [2.24, 2.45) is 4.40 Å². The van der Waals surface area contributed by atoms with Crippen molar-refractivity contribution < 1.29 is 17.9 Å². The van der Waals surface area contributed by atoms with Gasteiger partial charge in [0.1, 0.15) is 10.9 Å². The molecule has 1 atom stereocenters. The van der Waals surface area contributed by atoms with Crippen molar-refractivity contribution in [2.75, 3.05) is 26.3 Å². The Bertz CT molecular complexity index is 807. The molecule has 0 spiro atoms. The van der Waals surface area contributed by atoms with Crippen LogP contribution in [0.25, 0.3) is 0 Å². The fraction of sp³-hybridized carbons (Fsp3) is 0.579. The van der Waals surface area contributed by atoms with Crippen molar-refractivity contribution in [3.8, 4) is 0 Å². The number of sulfonamides is 1. The first-order chi connectivity index (χ1) is 13.0. The maximum Gasteiger partial charge on any atom is 0.285 e. The van der Waals surface area contributed by atoms with Crippen LogP contribution in [0.15, 0.2) is 33.6 Å². The Morgan fingerprint density at radius 3 is 2.89 bits per heavy atom. The van der Waals surface area contributed by atoms with Crippen LogP contribution in [0.3, 0.4) is 0 Å². The smallest absolute Gasteiger partial charge is 0.285 e. The topological polar surface area (TPSA) is 88.1 Å². The number of hydrogen-bond acceptors (Lipinski definition) is 5. The molecule has 0 saturated carbocycles. The van der Waals surface area contributed by atoms with E-state index in [2.05, 4.69) is 16.6 Å². The Morgan fingerprint density at radius 2 is 2.07 bits per heavy atom. The average molecular weight is 394 g/mol. The van der Waals surface area contributed by atoms with Gasteiger partial charge in [0.25, 0.3) is 10.0 Å². The van der Waals surface area contributed by atoms with Gasteiger partial charge in [-0.1, -0.05) is 25.5 Å². The van der Waals surface area contributed by atoms with Crippen molar-refractivity contribution in [1.29, 1.82) is 0 Å². The van der Waals surface area contributed by atoms with E-state index >= 15 is 0 Å². The van der Waals surface area contributed by atoms with Gasteiger partial charge < -0.3 is 15.0 Å². The van der Waals surface area contributed by atoms with Crippen LogP contribution < -0.4 is 5.32 Å². The molecule has 1 aromatic rings. The van der Waals surface area contributed by atoms with Crippen LogP contribution in [0.2, 0.25) is 0 Å².